The molecule has 4 heteroatoms. The van der Waals surface area contributed by atoms with Crippen molar-refractivity contribution in [3.63, 3.8) is 0 Å². The van der Waals surface area contributed by atoms with Crippen LogP contribution in [0.15, 0.2) is 60.7 Å². The van der Waals surface area contributed by atoms with E-state index < -0.39 is 11.9 Å². The van der Waals surface area contributed by atoms with Gasteiger partial charge in [-0.05, 0) is 63.9 Å². The van der Waals surface area contributed by atoms with Gasteiger partial charge in [0.05, 0.1) is 6.61 Å². The van der Waals surface area contributed by atoms with Gasteiger partial charge in [-0.2, -0.15) is 0 Å². The quantitative estimate of drug-likeness (QED) is 0.414. The molecule has 0 aromatic heterocycles. The number of carboxylic acid groups (broad SMARTS) is 1. The number of aliphatic carboxylic acids is 1. The maximum Gasteiger partial charge on any atom is 0.330 e. The van der Waals surface area contributed by atoms with Crippen LogP contribution in [0.5, 0.6) is 0 Å². The Morgan fingerprint density at radius 1 is 0.923 bits per heavy atom. The number of fused-ring (bicyclic) bond motifs is 2. The van der Waals surface area contributed by atoms with E-state index in [1.165, 1.54) is 6.08 Å². The minimum atomic E-state index is -0.995. The summed E-state index contributed by atoms with van der Waals surface area (Å²) < 4.78 is 4.93. The van der Waals surface area contributed by atoms with E-state index in [-0.39, 0.29) is 0 Å². The average Bonchev–Trinajstić information content (AvgIpc) is 2.63. The van der Waals surface area contributed by atoms with Gasteiger partial charge >= 0.3 is 11.9 Å². The highest BCUT2D eigenvalue weighted by Gasteiger charge is 2.06. The Morgan fingerprint density at radius 3 is 1.96 bits per heavy atom. The summed E-state index contributed by atoms with van der Waals surface area (Å²) in [6, 6.07) is 15.8. The van der Waals surface area contributed by atoms with Crippen molar-refractivity contribution in [3.8, 4) is 0 Å². The van der Waals surface area contributed by atoms with Crippen LogP contribution in [-0.2, 0) is 14.3 Å². The molecule has 0 saturated heterocycles. The van der Waals surface area contributed by atoms with Crippen LogP contribution >= 0.6 is 0 Å². The van der Waals surface area contributed by atoms with E-state index in [1.54, 1.807) is 19.1 Å². The van der Waals surface area contributed by atoms with E-state index in [9.17, 15) is 9.59 Å². The zero-order chi connectivity index (χ0) is 18.5. The van der Waals surface area contributed by atoms with Crippen molar-refractivity contribution in [2.24, 2.45) is 0 Å². The Hall–Kier alpha value is -3.40. The summed E-state index contributed by atoms with van der Waals surface area (Å²) in [6.45, 7) is 2.09. The second kappa shape index (κ2) is 7.66. The van der Waals surface area contributed by atoms with Gasteiger partial charge in [-0.15, -0.1) is 0 Å². The van der Waals surface area contributed by atoms with Gasteiger partial charge in [0.25, 0.3) is 0 Å². The van der Waals surface area contributed by atoms with Crippen LogP contribution in [0.2, 0.25) is 0 Å². The molecule has 26 heavy (non-hydrogen) atoms. The molecule has 0 bridgehead atoms. The highest BCUT2D eigenvalue weighted by atomic mass is 16.5. The van der Waals surface area contributed by atoms with Gasteiger partial charge in [-0.1, -0.05) is 36.4 Å². The molecule has 0 unspecified atom stereocenters. The van der Waals surface area contributed by atoms with Crippen molar-refractivity contribution < 1.29 is 19.4 Å². The monoisotopic (exact) mass is 346 g/mol. The molecule has 0 atom stereocenters. The number of esters is 1. The van der Waals surface area contributed by atoms with Gasteiger partial charge in [0.1, 0.15) is 0 Å². The van der Waals surface area contributed by atoms with E-state index in [1.807, 2.05) is 48.5 Å². The molecule has 0 fully saturated rings. The normalized spacial score (nSPS) is 11.6. The summed E-state index contributed by atoms with van der Waals surface area (Å²) in [5, 5.41) is 12.9. The molecule has 0 spiro atoms. The van der Waals surface area contributed by atoms with Gasteiger partial charge in [-0.25, -0.2) is 9.59 Å². The van der Waals surface area contributed by atoms with Gasteiger partial charge in [-0.3, -0.25) is 0 Å². The van der Waals surface area contributed by atoms with E-state index in [0.717, 1.165) is 38.7 Å². The van der Waals surface area contributed by atoms with E-state index in [4.69, 9.17) is 9.84 Å². The highest BCUT2D eigenvalue weighted by molar-refractivity contribution is 6.06. The first-order valence-electron chi connectivity index (χ1n) is 8.30. The largest absolute Gasteiger partial charge is 0.478 e. The SMILES string of the molecule is CCOC(=O)C=Cc1ccc(C=CC(=O)O)c2cc3ccccc3cc12. The molecule has 3 rings (SSSR count). The zero-order valence-corrected chi connectivity index (χ0v) is 14.3. The molecule has 0 saturated carbocycles. The lowest BCUT2D eigenvalue weighted by atomic mass is 9.95. The molecule has 4 nitrogen and oxygen atoms in total. The van der Waals surface area contributed by atoms with Crippen molar-refractivity contribution in [3.05, 3.63) is 71.8 Å². The fourth-order valence-electron chi connectivity index (χ4n) is 2.88. The maximum absolute atomic E-state index is 11.6. The van der Waals surface area contributed by atoms with E-state index >= 15 is 0 Å². The van der Waals surface area contributed by atoms with Gasteiger partial charge in [0, 0.05) is 12.2 Å². The van der Waals surface area contributed by atoms with Crippen molar-refractivity contribution in [2.75, 3.05) is 6.61 Å². The van der Waals surface area contributed by atoms with Crippen LogP contribution < -0.4 is 0 Å². The van der Waals surface area contributed by atoms with Gasteiger partial charge in [0.15, 0.2) is 0 Å². The summed E-state index contributed by atoms with van der Waals surface area (Å²) >= 11 is 0. The third kappa shape index (κ3) is 3.81. The number of carboxylic acids is 1. The molecule has 0 aliphatic rings. The Kier molecular flexibility index (Phi) is 5.13. The summed E-state index contributed by atoms with van der Waals surface area (Å²) in [5.74, 6) is -1.39. The number of hydrogen-bond acceptors (Lipinski definition) is 3. The van der Waals surface area contributed by atoms with Crippen LogP contribution in [0.3, 0.4) is 0 Å². The Labute approximate surface area is 151 Å². The van der Waals surface area contributed by atoms with Crippen molar-refractivity contribution >= 4 is 45.6 Å². The third-order valence-electron chi connectivity index (χ3n) is 4.04. The van der Waals surface area contributed by atoms with Crippen LogP contribution in [0.4, 0.5) is 0 Å². The maximum atomic E-state index is 11.6. The summed E-state index contributed by atoms with van der Waals surface area (Å²) in [7, 11) is 0. The average molecular weight is 346 g/mol. The number of carbonyl (C=O) groups excluding carboxylic acids is 1. The third-order valence-corrected chi connectivity index (χ3v) is 4.04. The van der Waals surface area contributed by atoms with Crippen molar-refractivity contribution in [1.29, 1.82) is 0 Å². The molecule has 0 radical (unpaired) electrons. The summed E-state index contributed by atoms with van der Waals surface area (Å²) in [5.41, 5.74) is 1.67. The lowest BCUT2D eigenvalue weighted by Gasteiger charge is -2.09. The first-order chi connectivity index (χ1) is 12.6. The van der Waals surface area contributed by atoms with Crippen LogP contribution in [-0.4, -0.2) is 23.7 Å². The molecule has 130 valence electrons. The topological polar surface area (TPSA) is 63.6 Å². The standard InChI is InChI=1S/C22H18O4/c1-2-26-22(25)12-10-16-8-7-15(9-11-21(23)24)19-13-17-5-3-4-6-18(17)14-20(16)19/h3-14H,2H2,1H3,(H,23,24). The number of rotatable bonds is 5. The minimum absolute atomic E-state index is 0.327. The van der Waals surface area contributed by atoms with Crippen molar-refractivity contribution in [2.45, 2.75) is 6.92 Å². The van der Waals surface area contributed by atoms with Crippen molar-refractivity contribution in [1.82, 2.24) is 0 Å². The van der Waals surface area contributed by atoms with E-state index in [2.05, 4.69) is 0 Å². The van der Waals surface area contributed by atoms with Crippen LogP contribution in [0, 0.1) is 0 Å². The highest BCUT2D eigenvalue weighted by Crippen LogP contribution is 2.30. The lowest BCUT2D eigenvalue weighted by Crippen LogP contribution is -1.98. The molecule has 1 N–H and O–H groups in total. The summed E-state index contributed by atoms with van der Waals surface area (Å²) in [6.07, 6.45) is 5.83. The Bertz CT molecular complexity index is 1040. The molecular weight excluding hydrogens is 328 g/mol. The molecule has 3 aromatic carbocycles. The van der Waals surface area contributed by atoms with E-state index in [0.29, 0.717) is 6.61 Å². The Balaban J connectivity index is 2.20. The van der Waals surface area contributed by atoms with Crippen LogP contribution in [0.1, 0.15) is 18.1 Å². The second-order valence-electron chi connectivity index (χ2n) is 5.75. The van der Waals surface area contributed by atoms with Crippen LogP contribution in [0.25, 0.3) is 33.7 Å². The predicted molar refractivity (Wildman–Crippen MR) is 104 cm³/mol. The van der Waals surface area contributed by atoms with Gasteiger partial charge in [0.2, 0.25) is 0 Å². The number of ether oxygens (including phenoxy) is 1. The lowest BCUT2D eigenvalue weighted by molar-refractivity contribution is -0.137. The number of benzene rings is 3. The first kappa shape index (κ1) is 17.4. The second-order valence-corrected chi connectivity index (χ2v) is 5.75. The Morgan fingerprint density at radius 2 is 1.46 bits per heavy atom. The minimum Gasteiger partial charge on any atom is -0.478 e. The number of carbonyl (C=O) groups is 2. The number of hydrogen-bond donors (Lipinski definition) is 1. The summed E-state index contributed by atoms with van der Waals surface area (Å²) in [4.78, 5) is 22.5. The molecule has 3 aromatic rings. The molecule has 0 heterocycles. The predicted octanol–water partition coefficient (Wildman–Crippen LogP) is 4.67. The fraction of sp³-hybridized carbons (Fsp3) is 0.0909. The molecule has 0 aliphatic carbocycles. The first-order valence-corrected chi connectivity index (χ1v) is 8.30. The smallest absolute Gasteiger partial charge is 0.330 e. The van der Waals surface area contributed by atoms with Gasteiger partial charge < -0.3 is 9.84 Å². The molecule has 0 aliphatic heterocycles. The zero-order valence-electron chi connectivity index (χ0n) is 14.3. The molecular formula is C22H18O4. The fourth-order valence-corrected chi connectivity index (χ4v) is 2.88. The molecule has 0 amide bonds.